The molecule has 0 radical (unpaired) electrons. The minimum absolute atomic E-state index is 0.145. The molecule has 2 N–H and O–H groups in total. The summed E-state index contributed by atoms with van der Waals surface area (Å²) >= 11 is 0. The van der Waals surface area contributed by atoms with Gasteiger partial charge in [0.05, 0.1) is 11.4 Å². The van der Waals surface area contributed by atoms with Gasteiger partial charge in [-0.2, -0.15) is 0 Å². The fraction of sp³-hybridized carbons (Fsp3) is 0.522. The van der Waals surface area contributed by atoms with Gasteiger partial charge >= 0.3 is 7.47 Å². The third kappa shape index (κ3) is 8.21. The molecule has 2 aromatic heterocycles. The predicted octanol–water partition coefficient (Wildman–Crippen LogP) is 6.75. The Bertz CT molecular complexity index is 799. The maximum Gasteiger partial charge on any atom is 0.796 e. The van der Waals surface area contributed by atoms with Crippen molar-refractivity contribution in [3.8, 4) is 0 Å². The van der Waals surface area contributed by atoms with Crippen molar-refractivity contribution in [2.24, 2.45) is 0 Å². The lowest BCUT2D eigenvalue weighted by Crippen LogP contribution is -2.07. The van der Waals surface area contributed by atoms with E-state index >= 15 is 0 Å². The standard InChI is InChI=1S/C23H33BF2N2O2/c1-3-5-7-9-11-18-13-15-20(27-18)22(29)17-23(30-24(25)26)21-16-14-19(28-21)12-10-8-6-4-2/h13-17,27-28H,3-12H2,1-2H3/b23-17-. The number of H-pyrrole nitrogens is 2. The van der Waals surface area contributed by atoms with Gasteiger partial charge in [-0.25, -0.2) is 8.63 Å². The number of ketones is 1. The van der Waals surface area contributed by atoms with E-state index in [1.165, 1.54) is 19.3 Å². The molecule has 164 valence electrons. The fourth-order valence-corrected chi connectivity index (χ4v) is 3.41. The molecule has 0 aliphatic rings. The molecule has 0 aliphatic carbocycles. The molecule has 2 aromatic rings. The van der Waals surface area contributed by atoms with Gasteiger partial charge in [-0.15, -0.1) is 0 Å². The summed E-state index contributed by atoms with van der Waals surface area (Å²) in [5, 5.41) is 0. The fourth-order valence-electron chi connectivity index (χ4n) is 3.41. The molecule has 0 aromatic carbocycles. The van der Waals surface area contributed by atoms with Crippen LogP contribution in [0.25, 0.3) is 5.76 Å². The summed E-state index contributed by atoms with van der Waals surface area (Å²) in [5.41, 5.74) is 2.70. The van der Waals surface area contributed by atoms with Crippen LogP contribution in [0, 0.1) is 0 Å². The number of nitrogens with one attached hydrogen (secondary N) is 2. The van der Waals surface area contributed by atoms with Crippen LogP contribution >= 0.6 is 0 Å². The van der Waals surface area contributed by atoms with Crippen LogP contribution in [0.2, 0.25) is 0 Å². The Morgan fingerprint density at radius 1 is 0.867 bits per heavy atom. The third-order valence-corrected chi connectivity index (χ3v) is 5.10. The van der Waals surface area contributed by atoms with Crippen molar-refractivity contribution in [3.63, 3.8) is 0 Å². The number of carbonyl (C=O) groups is 1. The lowest BCUT2D eigenvalue weighted by Gasteiger charge is -2.06. The highest BCUT2D eigenvalue weighted by Gasteiger charge is 2.22. The van der Waals surface area contributed by atoms with Crippen LogP contribution in [0.3, 0.4) is 0 Å². The van der Waals surface area contributed by atoms with E-state index in [1.807, 2.05) is 12.1 Å². The summed E-state index contributed by atoms with van der Waals surface area (Å²) in [7, 11) is -3.00. The van der Waals surface area contributed by atoms with E-state index in [0.29, 0.717) is 11.4 Å². The number of aromatic nitrogens is 2. The highest BCUT2D eigenvalue weighted by molar-refractivity contribution is 6.36. The van der Waals surface area contributed by atoms with Gasteiger partial charge in [-0.1, -0.05) is 52.4 Å². The van der Waals surface area contributed by atoms with Gasteiger partial charge < -0.3 is 14.6 Å². The van der Waals surface area contributed by atoms with Crippen LogP contribution in [0.5, 0.6) is 0 Å². The molecule has 0 saturated carbocycles. The molecule has 7 heteroatoms. The number of aryl methyl sites for hydroxylation is 2. The molecule has 0 amide bonds. The highest BCUT2D eigenvalue weighted by atomic mass is 19.2. The van der Waals surface area contributed by atoms with Crippen molar-refractivity contribution in [2.75, 3.05) is 0 Å². The second-order valence-electron chi connectivity index (χ2n) is 7.67. The number of unbranched alkanes of at least 4 members (excludes halogenated alkanes) is 6. The van der Waals surface area contributed by atoms with E-state index in [-0.39, 0.29) is 11.5 Å². The van der Waals surface area contributed by atoms with Crippen LogP contribution in [0.4, 0.5) is 8.63 Å². The quantitative estimate of drug-likeness (QED) is 0.110. The second kappa shape index (κ2) is 13.1. The van der Waals surface area contributed by atoms with Gasteiger partial charge in [0.1, 0.15) is 5.76 Å². The Morgan fingerprint density at radius 2 is 1.40 bits per heavy atom. The topological polar surface area (TPSA) is 57.9 Å². The molecule has 0 fully saturated rings. The zero-order valence-corrected chi connectivity index (χ0v) is 18.1. The molecular formula is C23H33BF2N2O2. The van der Waals surface area contributed by atoms with Gasteiger partial charge in [0.2, 0.25) is 5.78 Å². The smallest absolute Gasteiger partial charge is 0.503 e. The second-order valence-corrected chi connectivity index (χ2v) is 7.67. The minimum atomic E-state index is -3.00. The Kier molecular flexibility index (Phi) is 10.5. The van der Waals surface area contributed by atoms with E-state index in [1.54, 1.807) is 12.1 Å². The molecule has 0 unspecified atom stereocenters. The van der Waals surface area contributed by atoms with Crippen LogP contribution in [0.1, 0.15) is 92.8 Å². The molecule has 2 rings (SSSR count). The summed E-state index contributed by atoms with van der Waals surface area (Å²) < 4.78 is 30.5. The maximum atomic E-state index is 12.9. The minimum Gasteiger partial charge on any atom is -0.503 e. The summed E-state index contributed by atoms with van der Waals surface area (Å²) in [6.07, 6.45) is 11.9. The number of carbonyl (C=O) groups excluding carboxylic acids is 1. The Balaban J connectivity index is 2.04. The van der Waals surface area contributed by atoms with Crippen molar-refractivity contribution in [3.05, 3.63) is 53.1 Å². The lowest BCUT2D eigenvalue weighted by atomic mass is 10.1. The van der Waals surface area contributed by atoms with Crippen LogP contribution in [-0.2, 0) is 17.5 Å². The Morgan fingerprint density at radius 3 is 1.93 bits per heavy atom. The molecule has 0 aliphatic heterocycles. The van der Waals surface area contributed by atoms with Gasteiger partial charge in [0.25, 0.3) is 0 Å². The van der Waals surface area contributed by atoms with Crippen LogP contribution in [-0.4, -0.2) is 23.2 Å². The zero-order valence-electron chi connectivity index (χ0n) is 18.1. The predicted molar refractivity (Wildman–Crippen MR) is 119 cm³/mol. The summed E-state index contributed by atoms with van der Waals surface area (Å²) in [5.74, 6) is -0.529. The molecule has 0 saturated heterocycles. The van der Waals surface area contributed by atoms with Gasteiger partial charge in [0, 0.05) is 17.5 Å². The zero-order chi connectivity index (χ0) is 21.8. The molecule has 0 spiro atoms. The van der Waals surface area contributed by atoms with E-state index in [0.717, 1.165) is 62.4 Å². The van der Waals surface area contributed by atoms with Gasteiger partial charge in [-0.3, -0.25) is 4.79 Å². The van der Waals surface area contributed by atoms with Crippen molar-refractivity contribution in [1.82, 2.24) is 9.97 Å². The lowest BCUT2D eigenvalue weighted by molar-refractivity contribution is 0.104. The molecular weight excluding hydrogens is 385 g/mol. The van der Waals surface area contributed by atoms with E-state index in [2.05, 4.69) is 28.5 Å². The van der Waals surface area contributed by atoms with Crippen molar-refractivity contribution in [1.29, 1.82) is 0 Å². The first kappa shape index (κ1) is 24.0. The number of aromatic amines is 2. The molecule has 30 heavy (non-hydrogen) atoms. The third-order valence-electron chi connectivity index (χ3n) is 5.10. The van der Waals surface area contributed by atoms with Crippen molar-refractivity contribution in [2.45, 2.75) is 78.1 Å². The van der Waals surface area contributed by atoms with Crippen molar-refractivity contribution >= 4 is 19.0 Å². The Labute approximate surface area is 178 Å². The number of hydrogen-bond acceptors (Lipinski definition) is 2. The number of rotatable bonds is 15. The van der Waals surface area contributed by atoms with Crippen LogP contribution < -0.4 is 0 Å². The van der Waals surface area contributed by atoms with Gasteiger partial charge in [-0.05, 0) is 49.9 Å². The highest BCUT2D eigenvalue weighted by Crippen LogP contribution is 2.20. The molecule has 4 nitrogen and oxygen atoms in total. The number of allylic oxidation sites excluding steroid dienone is 1. The van der Waals surface area contributed by atoms with Crippen molar-refractivity contribution < 1.29 is 18.1 Å². The average molecular weight is 418 g/mol. The van der Waals surface area contributed by atoms with E-state index in [9.17, 15) is 13.4 Å². The first-order valence-electron chi connectivity index (χ1n) is 11.1. The monoisotopic (exact) mass is 418 g/mol. The largest absolute Gasteiger partial charge is 0.796 e. The van der Waals surface area contributed by atoms with E-state index in [4.69, 9.17) is 0 Å². The summed E-state index contributed by atoms with van der Waals surface area (Å²) in [6, 6.07) is 7.12. The number of hydrogen-bond donors (Lipinski definition) is 2. The summed E-state index contributed by atoms with van der Waals surface area (Å²) in [4.78, 5) is 18.8. The average Bonchev–Trinajstić information content (AvgIpc) is 3.37. The van der Waals surface area contributed by atoms with Crippen LogP contribution in [0.15, 0.2) is 30.3 Å². The molecule has 0 atom stereocenters. The number of halogens is 2. The SMILES string of the molecule is CCCCCCc1ccc(C(=O)/C=C(\OB(F)F)c2ccc(CCCCCC)[nH]2)[nH]1. The molecule has 2 heterocycles. The first-order valence-corrected chi connectivity index (χ1v) is 11.1. The Hall–Kier alpha value is -2.31. The maximum absolute atomic E-state index is 12.9. The molecule has 0 bridgehead atoms. The van der Waals surface area contributed by atoms with Gasteiger partial charge in [0.15, 0.2) is 0 Å². The first-order chi connectivity index (χ1) is 14.5. The van der Waals surface area contributed by atoms with E-state index < -0.39 is 7.47 Å². The normalized spacial score (nSPS) is 11.7. The summed E-state index contributed by atoms with van der Waals surface area (Å²) in [6.45, 7) is 4.32.